The van der Waals surface area contributed by atoms with Gasteiger partial charge in [-0.3, -0.25) is 4.79 Å². The molecule has 0 bridgehead atoms. The number of aromatic nitrogens is 2. The highest BCUT2D eigenvalue weighted by Gasteiger charge is 2.25. The maximum absolute atomic E-state index is 12.8. The molecule has 0 unspecified atom stereocenters. The first kappa shape index (κ1) is 23.8. The van der Waals surface area contributed by atoms with Gasteiger partial charge in [-0.05, 0) is 54.8 Å². The zero-order valence-electron chi connectivity index (χ0n) is 18.2. The fourth-order valence-electron chi connectivity index (χ4n) is 2.79. The number of methoxy groups -OCH3 is 1. The Morgan fingerprint density at radius 1 is 1.09 bits per heavy atom. The molecule has 0 radical (unpaired) electrons. The minimum Gasteiger partial charge on any atom is -0.497 e. The number of ether oxygens (including phenoxy) is 1. The molecule has 0 saturated heterocycles. The standard InChI is InChI=1S/C21H24N4O5S2/c1-24(13-19-22-21(23-30-19)15-5-7-16(29-3)8-6-15)20(26)14-25(2)32(27,28)18-11-9-17(31-4)10-12-18/h5-12H,13-14H2,1-4H3. The normalized spacial score (nSPS) is 11.5. The molecule has 1 heterocycles. The van der Waals surface area contributed by atoms with Gasteiger partial charge in [-0.1, -0.05) is 5.16 Å². The van der Waals surface area contributed by atoms with Gasteiger partial charge in [0.1, 0.15) is 5.75 Å². The number of likely N-dealkylation sites (N-methyl/N-ethyl adjacent to an activating group) is 2. The van der Waals surface area contributed by atoms with Crippen LogP contribution in [0.2, 0.25) is 0 Å². The van der Waals surface area contributed by atoms with Crippen molar-refractivity contribution < 1.29 is 22.5 Å². The van der Waals surface area contributed by atoms with Crippen molar-refractivity contribution in [3.63, 3.8) is 0 Å². The van der Waals surface area contributed by atoms with Gasteiger partial charge in [-0.2, -0.15) is 9.29 Å². The van der Waals surface area contributed by atoms with Crippen LogP contribution in [0.25, 0.3) is 11.4 Å². The van der Waals surface area contributed by atoms with Crippen LogP contribution in [0.3, 0.4) is 0 Å². The number of hydrogen-bond donors (Lipinski definition) is 0. The van der Waals surface area contributed by atoms with E-state index in [9.17, 15) is 13.2 Å². The lowest BCUT2D eigenvalue weighted by atomic mass is 10.2. The van der Waals surface area contributed by atoms with E-state index in [0.717, 1.165) is 14.8 Å². The maximum atomic E-state index is 12.8. The van der Waals surface area contributed by atoms with Gasteiger partial charge in [0.05, 0.1) is 25.1 Å². The number of benzene rings is 2. The molecule has 3 rings (SSSR count). The number of amides is 1. The zero-order chi connectivity index (χ0) is 23.3. The van der Waals surface area contributed by atoms with Crippen LogP contribution in [0.4, 0.5) is 0 Å². The predicted molar refractivity (Wildman–Crippen MR) is 121 cm³/mol. The predicted octanol–water partition coefficient (Wildman–Crippen LogP) is 2.75. The second-order valence-electron chi connectivity index (χ2n) is 6.93. The highest BCUT2D eigenvalue weighted by atomic mass is 32.2. The molecule has 1 aromatic heterocycles. The summed E-state index contributed by atoms with van der Waals surface area (Å²) >= 11 is 1.52. The van der Waals surface area contributed by atoms with Gasteiger partial charge in [0, 0.05) is 24.6 Å². The largest absolute Gasteiger partial charge is 0.497 e. The number of hydrogen-bond acceptors (Lipinski definition) is 8. The van der Waals surface area contributed by atoms with Crippen molar-refractivity contribution in [1.29, 1.82) is 0 Å². The van der Waals surface area contributed by atoms with Crippen LogP contribution in [-0.4, -0.2) is 67.7 Å². The molecule has 3 aromatic rings. The Morgan fingerprint density at radius 3 is 2.34 bits per heavy atom. The molecule has 0 aliphatic rings. The Hall–Kier alpha value is -2.89. The van der Waals surface area contributed by atoms with E-state index in [-0.39, 0.29) is 23.9 Å². The van der Waals surface area contributed by atoms with Crippen LogP contribution in [0.1, 0.15) is 5.89 Å². The number of carbonyl (C=O) groups excluding carboxylic acids is 1. The summed E-state index contributed by atoms with van der Waals surface area (Å²) in [5, 5.41) is 3.94. The van der Waals surface area contributed by atoms with Crippen molar-refractivity contribution in [1.82, 2.24) is 19.3 Å². The minimum atomic E-state index is -3.79. The molecule has 0 atom stereocenters. The molecule has 32 heavy (non-hydrogen) atoms. The van der Waals surface area contributed by atoms with E-state index in [1.165, 1.54) is 35.8 Å². The highest BCUT2D eigenvalue weighted by Crippen LogP contribution is 2.21. The van der Waals surface area contributed by atoms with Gasteiger partial charge < -0.3 is 14.2 Å². The number of carbonyl (C=O) groups is 1. The van der Waals surface area contributed by atoms with Gasteiger partial charge in [-0.25, -0.2) is 8.42 Å². The van der Waals surface area contributed by atoms with E-state index in [1.54, 1.807) is 50.6 Å². The Morgan fingerprint density at radius 2 is 1.75 bits per heavy atom. The molecule has 11 heteroatoms. The number of nitrogens with zero attached hydrogens (tertiary/aromatic N) is 4. The molecule has 9 nitrogen and oxygen atoms in total. The fourth-order valence-corrected chi connectivity index (χ4v) is 4.32. The number of thioether (sulfide) groups is 1. The van der Waals surface area contributed by atoms with E-state index in [1.807, 2.05) is 6.26 Å². The lowest BCUT2D eigenvalue weighted by Gasteiger charge is -2.21. The second-order valence-corrected chi connectivity index (χ2v) is 9.85. The van der Waals surface area contributed by atoms with Crippen LogP contribution in [-0.2, 0) is 21.4 Å². The smallest absolute Gasteiger partial charge is 0.246 e. The first-order valence-electron chi connectivity index (χ1n) is 9.56. The first-order valence-corrected chi connectivity index (χ1v) is 12.2. The molecule has 0 aliphatic heterocycles. The molecule has 0 N–H and O–H groups in total. The third-order valence-electron chi connectivity index (χ3n) is 4.74. The van der Waals surface area contributed by atoms with E-state index in [0.29, 0.717) is 11.6 Å². The summed E-state index contributed by atoms with van der Waals surface area (Å²) < 4.78 is 36.9. The quantitative estimate of drug-likeness (QED) is 0.434. The van der Waals surface area contributed by atoms with Gasteiger partial charge in [-0.15, -0.1) is 11.8 Å². The second kappa shape index (κ2) is 10.2. The van der Waals surface area contributed by atoms with Gasteiger partial charge in [0.15, 0.2) is 0 Å². The monoisotopic (exact) mass is 476 g/mol. The molecule has 0 spiro atoms. The first-order chi connectivity index (χ1) is 15.2. The molecular weight excluding hydrogens is 452 g/mol. The van der Waals surface area contributed by atoms with Crippen LogP contribution in [0.15, 0.2) is 62.8 Å². The Balaban J connectivity index is 1.62. The van der Waals surface area contributed by atoms with Crippen LogP contribution >= 0.6 is 11.8 Å². The van der Waals surface area contributed by atoms with E-state index in [2.05, 4.69) is 10.1 Å². The molecule has 0 fully saturated rings. The van der Waals surface area contributed by atoms with Crippen LogP contribution < -0.4 is 4.74 Å². The molecular formula is C21H24N4O5S2. The average molecular weight is 477 g/mol. The van der Waals surface area contributed by atoms with E-state index >= 15 is 0 Å². The highest BCUT2D eigenvalue weighted by molar-refractivity contribution is 7.98. The maximum Gasteiger partial charge on any atom is 0.246 e. The molecule has 2 aromatic carbocycles. The topological polar surface area (TPSA) is 106 Å². The van der Waals surface area contributed by atoms with Crippen molar-refractivity contribution in [2.45, 2.75) is 16.3 Å². The molecule has 1 amide bonds. The summed E-state index contributed by atoms with van der Waals surface area (Å²) in [6, 6.07) is 13.7. The average Bonchev–Trinajstić information content (AvgIpc) is 3.27. The van der Waals surface area contributed by atoms with Gasteiger partial charge >= 0.3 is 0 Å². The Bertz CT molecular complexity index is 1160. The van der Waals surface area contributed by atoms with Crippen molar-refractivity contribution in [2.75, 3.05) is 34.0 Å². The van der Waals surface area contributed by atoms with Crippen LogP contribution in [0, 0.1) is 0 Å². The zero-order valence-corrected chi connectivity index (χ0v) is 19.8. The summed E-state index contributed by atoms with van der Waals surface area (Å²) in [4.78, 5) is 19.3. The number of rotatable bonds is 9. The third kappa shape index (κ3) is 5.47. The van der Waals surface area contributed by atoms with Crippen molar-refractivity contribution in [2.24, 2.45) is 0 Å². The van der Waals surface area contributed by atoms with E-state index in [4.69, 9.17) is 9.26 Å². The summed E-state index contributed by atoms with van der Waals surface area (Å²) in [6.07, 6.45) is 1.91. The van der Waals surface area contributed by atoms with Gasteiger partial charge in [0.2, 0.25) is 27.6 Å². The van der Waals surface area contributed by atoms with Crippen molar-refractivity contribution in [3.8, 4) is 17.1 Å². The van der Waals surface area contributed by atoms with Crippen molar-refractivity contribution in [3.05, 3.63) is 54.4 Å². The molecule has 0 saturated carbocycles. The summed E-state index contributed by atoms with van der Waals surface area (Å²) in [5.41, 5.74) is 0.744. The Kier molecular flexibility index (Phi) is 7.54. The minimum absolute atomic E-state index is 0.0539. The molecule has 170 valence electrons. The third-order valence-corrected chi connectivity index (χ3v) is 7.30. The van der Waals surface area contributed by atoms with Gasteiger partial charge in [0.25, 0.3) is 0 Å². The lowest BCUT2D eigenvalue weighted by molar-refractivity contribution is -0.130. The summed E-state index contributed by atoms with van der Waals surface area (Å²) in [5.74, 6) is 0.935. The Labute approximate surface area is 191 Å². The number of sulfonamides is 1. The lowest BCUT2D eigenvalue weighted by Crippen LogP contribution is -2.39. The van der Waals surface area contributed by atoms with Crippen LogP contribution in [0.5, 0.6) is 5.75 Å². The molecule has 0 aliphatic carbocycles. The van der Waals surface area contributed by atoms with Crippen molar-refractivity contribution >= 4 is 27.7 Å². The summed E-state index contributed by atoms with van der Waals surface area (Å²) in [7, 11) is 0.715. The SMILES string of the molecule is COc1ccc(-c2noc(CN(C)C(=O)CN(C)S(=O)(=O)c3ccc(SC)cc3)n2)cc1. The van der Waals surface area contributed by atoms with E-state index < -0.39 is 15.9 Å². The summed E-state index contributed by atoms with van der Waals surface area (Å²) in [6.45, 7) is -0.263. The fraction of sp³-hybridized carbons (Fsp3) is 0.286.